The van der Waals surface area contributed by atoms with Crippen LogP contribution < -0.4 is 5.32 Å². The molecule has 2 aromatic rings. The summed E-state index contributed by atoms with van der Waals surface area (Å²) in [5, 5.41) is 11.2. The van der Waals surface area contributed by atoms with Crippen molar-refractivity contribution in [2.75, 3.05) is 19.8 Å². The summed E-state index contributed by atoms with van der Waals surface area (Å²) in [5.74, 6) is 0. The second-order valence-corrected chi connectivity index (χ2v) is 5.49. The van der Waals surface area contributed by atoms with Gasteiger partial charge in [-0.2, -0.15) is 0 Å². The molecule has 1 aliphatic rings. The summed E-state index contributed by atoms with van der Waals surface area (Å²) in [6.07, 6.45) is 1.82. The molecule has 1 saturated heterocycles. The number of hydrogen-bond donors (Lipinski definition) is 1. The van der Waals surface area contributed by atoms with Crippen LogP contribution in [0, 0.1) is 0 Å². The second kappa shape index (κ2) is 5.91. The molecule has 2 atom stereocenters. The SMILES string of the molecule is CC(F)(CC1COCCN1)c1cnnn1-c1ccccc1. The normalized spacial score (nSPS) is 21.9. The molecule has 0 saturated carbocycles. The van der Waals surface area contributed by atoms with Crippen molar-refractivity contribution < 1.29 is 9.13 Å². The smallest absolute Gasteiger partial charge is 0.153 e. The van der Waals surface area contributed by atoms with Crippen molar-refractivity contribution in [1.82, 2.24) is 20.3 Å². The summed E-state index contributed by atoms with van der Waals surface area (Å²) >= 11 is 0. The Bertz CT molecular complexity index is 578. The minimum atomic E-state index is -1.53. The molecule has 0 bridgehead atoms. The lowest BCUT2D eigenvalue weighted by molar-refractivity contribution is 0.0456. The molecule has 21 heavy (non-hydrogen) atoms. The van der Waals surface area contributed by atoms with Gasteiger partial charge < -0.3 is 10.1 Å². The number of rotatable bonds is 4. The monoisotopic (exact) mass is 290 g/mol. The van der Waals surface area contributed by atoms with Crippen LogP contribution in [0.25, 0.3) is 5.69 Å². The molecule has 112 valence electrons. The van der Waals surface area contributed by atoms with E-state index in [-0.39, 0.29) is 6.04 Å². The number of ether oxygens (including phenoxy) is 1. The summed E-state index contributed by atoms with van der Waals surface area (Å²) in [6, 6.07) is 9.48. The van der Waals surface area contributed by atoms with Gasteiger partial charge >= 0.3 is 0 Å². The van der Waals surface area contributed by atoms with E-state index < -0.39 is 5.67 Å². The summed E-state index contributed by atoms with van der Waals surface area (Å²) in [4.78, 5) is 0. The van der Waals surface area contributed by atoms with Crippen molar-refractivity contribution in [2.24, 2.45) is 0 Å². The van der Waals surface area contributed by atoms with E-state index in [2.05, 4.69) is 15.6 Å². The van der Waals surface area contributed by atoms with Crippen LogP contribution in [-0.4, -0.2) is 40.8 Å². The number of nitrogens with zero attached hydrogens (tertiary/aromatic N) is 3. The third-order valence-corrected chi connectivity index (χ3v) is 3.71. The molecule has 1 aromatic carbocycles. The molecule has 0 radical (unpaired) electrons. The predicted molar refractivity (Wildman–Crippen MR) is 77.0 cm³/mol. The van der Waals surface area contributed by atoms with Gasteiger partial charge in [0, 0.05) is 19.0 Å². The molecule has 0 amide bonds. The highest BCUT2D eigenvalue weighted by atomic mass is 19.1. The first kappa shape index (κ1) is 14.2. The number of halogens is 1. The van der Waals surface area contributed by atoms with E-state index in [4.69, 9.17) is 4.74 Å². The van der Waals surface area contributed by atoms with Crippen LogP contribution in [0.4, 0.5) is 4.39 Å². The number of hydrogen-bond acceptors (Lipinski definition) is 4. The summed E-state index contributed by atoms with van der Waals surface area (Å²) in [7, 11) is 0. The van der Waals surface area contributed by atoms with E-state index in [1.165, 1.54) is 6.20 Å². The molecule has 0 aliphatic carbocycles. The number of benzene rings is 1. The van der Waals surface area contributed by atoms with Crippen LogP contribution in [-0.2, 0) is 10.4 Å². The maximum absolute atomic E-state index is 15.2. The zero-order valence-corrected chi connectivity index (χ0v) is 12.0. The highest BCUT2D eigenvalue weighted by Crippen LogP contribution is 2.31. The first-order valence-electron chi connectivity index (χ1n) is 7.13. The number of aromatic nitrogens is 3. The Balaban J connectivity index is 1.84. The Kier molecular flexibility index (Phi) is 3.98. The molecule has 0 spiro atoms. The van der Waals surface area contributed by atoms with Crippen LogP contribution >= 0.6 is 0 Å². The van der Waals surface area contributed by atoms with Crippen LogP contribution in [0.5, 0.6) is 0 Å². The quantitative estimate of drug-likeness (QED) is 0.933. The van der Waals surface area contributed by atoms with Crippen molar-refractivity contribution in [3.63, 3.8) is 0 Å². The van der Waals surface area contributed by atoms with E-state index in [9.17, 15) is 0 Å². The van der Waals surface area contributed by atoms with Gasteiger partial charge in [0.15, 0.2) is 5.67 Å². The van der Waals surface area contributed by atoms with Gasteiger partial charge in [0.05, 0.1) is 25.1 Å². The standard InChI is InChI=1S/C15H19FN4O/c1-15(16,9-12-11-21-8-7-17-12)14-10-18-19-20(14)13-5-3-2-4-6-13/h2-6,10,12,17H,7-9,11H2,1H3. The molecule has 5 nitrogen and oxygen atoms in total. The molecule has 6 heteroatoms. The molecule has 2 heterocycles. The highest BCUT2D eigenvalue weighted by molar-refractivity contribution is 5.32. The molecule has 1 N–H and O–H groups in total. The van der Waals surface area contributed by atoms with E-state index in [0.717, 1.165) is 12.2 Å². The second-order valence-electron chi connectivity index (χ2n) is 5.49. The van der Waals surface area contributed by atoms with Crippen molar-refractivity contribution in [1.29, 1.82) is 0 Å². The van der Waals surface area contributed by atoms with Gasteiger partial charge in [-0.3, -0.25) is 0 Å². The lowest BCUT2D eigenvalue weighted by Gasteiger charge is -2.29. The van der Waals surface area contributed by atoms with Gasteiger partial charge in [0.1, 0.15) is 5.69 Å². The maximum atomic E-state index is 15.2. The first-order chi connectivity index (χ1) is 10.2. The highest BCUT2D eigenvalue weighted by Gasteiger charge is 2.34. The lowest BCUT2D eigenvalue weighted by atomic mass is 9.95. The maximum Gasteiger partial charge on any atom is 0.153 e. The van der Waals surface area contributed by atoms with Crippen molar-refractivity contribution >= 4 is 0 Å². The van der Waals surface area contributed by atoms with Gasteiger partial charge in [-0.05, 0) is 19.1 Å². The lowest BCUT2D eigenvalue weighted by Crippen LogP contribution is -2.44. The molecule has 1 fully saturated rings. The summed E-state index contributed by atoms with van der Waals surface area (Å²) < 4.78 is 22.1. The Morgan fingerprint density at radius 1 is 1.43 bits per heavy atom. The van der Waals surface area contributed by atoms with Crippen LogP contribution in [0.2, 0.25) is 0 Å². The first-order valence-corrected chi connectivity index (χ1v) is 7.13. The minimum absolute atomic E-state index is 0.00729. The fourth-order valence-electron chi connectivity index (χ4n) is 2.67. The number of morpholine rings is 1. The fraction of sp³-hybridized carbons (Fsp3) is 0.467. The van der Waals surface area contributed by atoms with Gasteiger partial charge in [-0.25, -0.2) is 9.07 Å². The number of alkyl halides is 1. The average Bonchev–Trinajstić information content (AvgIpc) is 2.99. The van der Waals surface area contributed by atoms with E-state index >= 15 is 4.39 Å². The molecule has 1 aromatic heterocycles. The van der Waals surface area contributed by atoms with Crippen molar-refractivity contribution in [3.8, 4) is 5.69 Å². The van der Waals surface area contributed by atoms with Crippen LogP contribution in [0.15, 0.2) is 36.5 Å². The van der Waals surface area contributed by atoms with Crippen molar-refractivity contribution in [3.05, 3.63) is 42.2 Å². The van der Waals surface area contributed by atoms with Gasteiger partial charge in [-0.15, -0.1) is 5.10 Å². The van der Waals surface area contributed by atoms with E-state index in [1.54, 1.807) is 11.6 Å². The molecular weight excluding hydrogens is 271 g/mol. The Labute approximate surface area is 123 Å². The summed E-state index contributed by atoms with van der Waals surface area (Å²) in [5.41, 5.74) is -0.264. The minimum Gasteiger partial charge on any atom is -0.379 e. The molecule has 1 aliphatic heterocycles. The number of para-hydroxylation sites is 1. The van der Waals surface area contributed by atoms with Gasteiger partial charge in [0.25, 0.3) is 0 Å². The Hall–Kier alpha value is -1.79. The molecular formula is C15H19FN4O. The third-order valence-electron chi connectivity index (χ3n) is 3.71. The summed E-state index contributed by atoms with van der Waals surface area (Å²) in [6.45, 7) is 3.55. The third kappa shape index (κ3) is 3.11. The zero-order valence-electron chi connectivity index (χ0n) is 12.0. The molecule has 3 rings (SSSR count). The van der Waals surface area contributed by atoms with E-state index in [0.29, 0.717) is 25.3 Å². The topological polar surface area (TPSA) is 52.0 Å². The zero-order chi connectivity index (χ0) is 14.7. The van der Waals surface area contributed by atoms with Gasteiger partial charge in [0.2, 0.25) is 0 Å². The van der Waals surface area contributed by atoms with Gasteiger partial charge in [-0.1, -0.05) is 23.4 Å². The fourth-order valence-corrected chi connectivity index (χ4v) is 2.67. The van der Waals surface area contributed by atoms with Crippen LogP contribution in [0.3, 0.4) is 0 Å². The van der Waals surface area contributed by atoms with E-state index in [1.807, 2.05) is 30.3 Å². The Morgan fingerprint density at radius 2 is 2.24 bits per heavy atom. The largest absolute Gasteiger partial charge is 0.379 e. The average molecular weight is 290 g/mol. The Morgan fingerprint density at radius 3 is 2.95 bits per heavy atom. The molecule has 2 unspecified atom stereocenters. The number of nitrogens with one attached hydrogen (secondary N) is 1. The van der Waals surface area contributed by atoms with Crippen LogP contribution in [0.1, 0.15) is 19.0 Å². The predicted octanol–water partition coefficient (Wildman–Crippen LogP) is 1.83. The van der Waals surface area contributed by atoms with Crippen molar-refractivity contribution in [2.45, 2.75) is 25.1 Å².